The van der Waals surface area contributed by atoms with E-state index in [1.807, 2.05) is 13.8 Å². The Kier molecular flexibility index (Phi) is 7.11. The van der Waals surface area contributed by atoms with Crippen molar-refractivity contribution in [2.75, 3.05) is 0 Å². The van der Waals surface area contributed by atoms with Gasteiger partial charge in [-0.05, 0) is 38.6 Å². The average molecular weight is 368 g/mol. The highest BCUT2D eigenvalue weighted by atomic mass is 32.2. The minimum atomic E-state index is -1.21. The van der Waals surface area contributed by atoms with Crippen LogP contribution in [0.25, 0.3) is 0 Å². The molecular formula is C10H22N7O6S-3. The van der Waals surface area contributed by atoms with E-state index in [1.165, 1.54) is 11.9 Å². The fourth-order valence-corrected chi connectivity index (χ4v) is 3.89. The van der Waals surface area contributed by atoms with Crippen LogP contribution in [-0.2, 0) is 0 Å². The molecule has 0 amide bonds. The van der Waals surface area contributed by atoms with E-state index in [9.17, 15) is 26.0 Å². The lowest BCUT2D eigenvalue weighted by atomic mass is 9.83. The summed E-state index contributed by atoms with van der Waals surface area (Å²) < 4.78 is 0. The van der Waals surface area contributed by atoms with E-state index in [1.54, 1.807) is 5.01 Å². The Labute approximate surface area is 142 Å². The summed E-state index contributed by atoms with van der Waals surface area (Å²) in [6.45, 7) is 3.83. The van der Waals surface area contributed by atoms with Crippen LogP contribution >= 0.6 is 11.9 Å². The fourth-order valence-electron chi connectivity index (χ4n) is 2.99. The summed E-state index contributed by atoms with van der Waals surface area (Å²) >= 11 is 1.23. The summed E-state index contributed by atoms with van der Waals surface area (Å²) in [6.07, 6.45) is -0.357. The Morgan fingerprint density at radius 3 is 2.04 bits per heavy atom. The highest BCUT2D eigenvalue weighted by Gasteiger charge is 2.42. The van der Waals surface area contributed by atoms with Gasteiger partial charge in [-0.2, -0.15) is 15.4 Å². The van der Waals surface area contributed by atoms with Crippen molar-refractivity contribution in [3.8, 4) is 0 Å². The number of hydroxylamine groups is 6. The maximum absolute atomic E-state index is 11.5. The largest absolute Gasteiger partial charge is 0.762 e. The Hall–Kier alpha value is -0.170. The minimum Gasteiger partial charge on any atom is -0.762 e. The first-order valence-corrected chi connectivity index (χ1v) is 8.26. The number of nitrogens with zero attached hydrogens (tertiary/aromatic N) is 4. The number of hydrazine groups is 2. The molecule has 2 fully saturated rings. The van der Waals surface area contributed by atoms with E-state index in [0.29, 0.717) is 0 Å². The summed E-state index contributed by atoms with van der Waals surface area (Å²) in [5.41, 5.74) is 2.48. The van der Waals surface area contributed by atoms with E-state index in [-0.39, 0.29) is 34.6 Å². The smallest absolute Gasteiger partial charge is 0.138 e. The predicted molar refractivity (Wildman–Crippen MR) is 83.1 cm³/mol. The monoisotopic (exact) mass is 368 g/mol. The molecule has 1 aliphatic heterocycles. The van der Waals surface area contributed by atoms with Gasteiger partial charge in [-0.25, -0.2) is 0 Å². The van der Waals surface area contributed by atoms with Crippen molar-refractivity contribution in [3.05, 3.63) is 15.6 Å². The molecule has 0 aromatic heterocycles. The molecule has 14 heteroatoms. The van der Waals surface area contributed by atoms with Crippen LogP contribution in [0.4, 0.5) is 0 Å². The van der Waals surface area contributed by atoms with Gasteiger partial charge in [0.15, 0.2) is 0 Å². The molecule has 1 saturated carbocycles. The third-order valence-electron chi connectivity index (χ3n) is 4.23. The van der Waals surface area contributed by atoms with Crippen molar-refractivity contribution >= 4 is 11.9 Å². The van der Waals surface area contributed by atoms with E-state index in [0.717, 1.165) is 0 Å². The number of hydrogen-bond acceptors (Lipinski definition) is 14. The van der Waals surface area contributed by atoms with E-state index >= 15 is 0 Å². The van der Waals surface area contributed by atoms with Crippen molar-refractivity contribution in [1.82, 2.24) is 36.4 Å². The molecule has 1 aliphatic carbocycles. The van der Waals surface area contributed by atoms with Gasteiger partial charge in [0.05, 0.1) is 0 Å². The molecule has 1 saturated heterocycles. The second kappa shape index (κ2) is 8.47. The zero-order valence-corrected chi connectivity index (χ0v) is 14.0. The van der Waals surface area contributed by atoms with Crippen LogP contribution in [0.5, 0.6) is 0 Å². The molecule has 3 unspecified atom stereocenters. The quantitative estimate of drug-likeness (QED) is 0.250. The van der Waals surface area contributed by atoms with Gasteiger partial charge in [0.25, 0.3) is 0 Å². The second-order valence-electron chi connectivity index (χ2n) is 6.05. The van der Waals surface area contributed by atoms with E-state index < -0.39 is 29.7 Å². The van der Waals surface area contributed by atoms with Crippen LogP contribution < -0.4 is 15.7 Å². The Bertz CT molecular complexity index is 388. The van der Waals surface area contributed by atoms with Crippen LogP contribution in [0, 0.1) is 15.6 Å². The molecule has 2 rings (SSSR count). The van der Waals surface area contributed by atoms with E-state index in [2.05, 4.69) is 15.7 Å². The lowest BCUT2D eigenvalue weighted by molar-refractivity contribution is -0.179. The standard InChI is InChI=1S/C10H22N7O6S/c1-5(2)14-10(24-13-12-14)11-9-7(16(20)21)3-6(15(18)19)4-8(9)17(22)23/h5-13,18,20,22H,3-4H2,1-2H3/q-3. The highest BCUT2D eigenvalue weighted by molar-refractivity contribution is 7.98. The summed E-state index contributed by atoms with van der Waals surface area (Å²) in [6, 6.07) is -4.42. The van der Waals surface area contributed by atoms with Gasteiger partial charge < -0.3 is 31.2 Å². The van der Waals surface area contributed by atoms with Crippen molar-refractivity contribution in [2.45, 2.75) is 62.4 Å². The van der Waals surface area contributed by atoms with Gasteiger partial charge in [-0.15, -0.1) is 0 Å². The SMILES string of the molecule is CC(C)N1NNSC1NC1C(N([O-])O)CC(N([O-])O)CC1N([O-])O. The lowest BCUT2D eigenvalue weighted by Gasteiger charge is -2.53. The molecule has 6 N–H and O–H groups in total. The summed E-state index contributed by atoms with van der Waals surface area (Å²) in [5.74, 6) is 0. The molecule has 142 valence electrons. The van der Waals surface area contributed by atoms with Gasteiger partial charge >= 0.3 is 0 Å². The van der Waals surface area contributed by atoms with Crippen molar-refractivity contribution in [2.24, 2.45) is 0 Å². The third kappa shape index (κ3) is 4.51. The van der Waals surface area contributed by atoms with E-state index in [4.69, 9.17) is 5.21 Å². The molecule has 1 heterocycles. The zero-order valence-electron chi connectivity index (χ0n) is 13.1. The number of nitrogens with one attached hydrogen (secondary N) is 3. The maximum atomic E-state index is 11.5. The van der Waals surface area contributed by atoms with Crippen LogP contribution in [0.1, 0.15) is 26.7 Å². The first-order valence-electron chi connectivity index (χ1n) is 7.38. The molecule has 0 bridgehead atoms. The molecule has 0 aromatic rings. The van der Waals surface area contributed by atoms with Gasteiger partial charge in [-0.3, -0.25) is 21.0 Å². The molecule has 13 nitrogen and oxygen atoms in total. The lowest BCUT2D eigenvalue weighted by Crippen LogP contribution is -2.66. The highest BCUT2D eigenvalue weighted by Crippen LogP contribution is 2.30. The molecule has 24 heavy (non-hydrogen) atoms. The van der Waals surface area contributed by atoms with Crippen molar-refractivity contribution in [3.63, 3.8) is 0 Å². The first-order chi connectivity index (χ1) is 11.2. The third-order valence-corrected chi connectivity index (χ3v) is 5.02. The van der Waals surface area contributed by atoms with Gasteiger partial charge in [0.1, 0.15) is 5.50 Å². The molecule has 0 radical (unpaired) electrons. The second-order valence-corrected chi connectivity index (χ2v) is 6.93. The zero-order chi connectivity index (χ0) is 18.0. The molecule has 3 atom stereocenters. The van der Waals surface area contributed by atoms with Crippen LogP contribution in [0.3, 0.4) is 0 Å². The first kappa shape index (κ1) is 20.1. The molecule has 0 aromatic carbocycles. The van der Waals surface area contributed by atoms with Gasteiger partial charge in [0.2, 0.25) is 0 Å². The van der Waals surface area contributed by atoms with Crippen LogP contribution in [0.15, 0.2) is 0 Å². The average Bonchev–Trinajstić information content (AvgIpc) is 2.94. The normalized spacial score (nSPS) is 35.8. The molecular weight excluding hydrogens is 346 g/mol. The van der Waals surface area contributed by atoms with Gasteiger partial charge in [0, 0.05) is 30.2 Å². The van der Waals surface area contributed by atoms with Crippen LogP contribution in [0.2, 0.25) is 0 Å². The molecule has 2 aliphatic rings. The predicted octanol–water partition coefficient (Wildman–Crippen LogP) is -0.924. The van der Waals surface area contributed by atoms with Gasteiger partial charge in [-0.1, -0.05) is 0 Å². The Balaban J connectivity index is 2.19. The minimum absolute atomic E-state index is 0.0581. The molecule has 0 spiro atoms. The van der Waals surface area contributed by atoms with Crippen LogP contribution in [-0.4, -0.2) is 72.0 Å². The Morgan fingerprint density at radius 1 is 1.08 bits per heavy atom. The topological polar surface area (TPSA) is 179 Å². The summed E-state index contributed by atoms with van der Waals surface area (Å²) in [4.78, 5) is 2.83. The fraction of sp³-hybridized carbons (Fsp3) is 1.00. The number of rotatable bonds is 6. The summed E-state index contributed by atoms with van der Waals surface area (Å²) in [7, 11) is 0. The Morgan fingerprint density at radius 2 is 1.62 bits per heavy atom. The van der Waals surface area contributed by atoms with Crippen molar-refractivity contribution in [1.29, 1.82) is 0 Å². The number of hydrogen-bond donors (Lipinski definition) is 6. The van der Waals surface area contributed by atoms with Crippen molar-refractivity contribution < 1.29 is 15.6 Å². The maximum Gasteiger partial charge on any atom is 0.138 e. The summed E-state index contributed by atoms with van der Waals surface area (Å²) in [5, 5.41) is 65.7.